The summed E-state index contributed by atoms with van der Waals surface area (Å²) in [5, 5.41) is 28.8. The van der Waals surface area contributed by atoms with Gasteiger partial charge >= 0.3 is 0 Å². The molecule has 0 aliphatic carbocycles. The van der Waals surface area contributed by atoms with Crippen molar-refractivity contribution in [2.45, 2.75) is 89.1 Å². The molecule has 5 nitrogen and oxygen atoms in total. The molecule has 1 fully saturated rings. The molecule has 4 atom stereocenters. The minimum atomic E-state index is -0.988. The first-order valence-corrected chi connectivity index (χ1v) is 9.55. The highest BCUT2D eigenvalue weighted by molar-refractivity contribution is 4.87. The smallest absolute Gasteiger partial charge is 0.114 e. The molecule has 1 aliphatic heterocycles. The summed E-state index contributed by atoms with van der Waals surface area (Å²) in [4.78, 5) is 0. The molecule has 0 unspecified atom stereocenters. The zero-order valence-corrected chi connectivity index (χ0v) is 15.1. The number of aliphatic hydroxyl groups is 3. The van der Waals surface area contributed by atoms with Crippen molar-refractivity contribution >= 4 is 0 Å². The average Bonchev–Trinajstić information content (AvgIpc) is 2.59. The van der Waals surface area contributed by atoms with Crippen molar-refractivity contribution in [3.63, 3.8) is 0 Å². The van der Waals surface area contributed by atoms with Gasteiger partial charge in [0.05, 0.1) is 13.2 Å². The van der Waals surface area contributed by atoms with Crippen LogP contribution in [0.4, 0.5) is 0 Å². The number of hydrogen-bond acceptors (Lipinski definition) is 5. The fraction of sp³-hybridized carbons (Fsp3) is 0.895. The number of ether oxygens (including phenoxy) is 2. The van der Waals surface area contributed by atoms with E-state index in [0.29, 0.717) is 6.61 Å². The Balaban J connectivity index is 1.98. The normalized spacial score (nSPS) is 27.8. The third-order valence-corrected chi connectivity index (χ3v) is 4.49. The van der Waals surface area contributed by atoms with Crippen molar-refractivity contribution < 1.29 is 24.8 Å². The summed E-state index contributed by atoms with van der Waals surface area (Å²) in [5.41, 5.74) is 0. The Bertz CT molecular complexity index is 319. The molecular formula is C19H36O5. The first kappa shape index (κ1) is 21.6. The van der Waals surface area contributed by atoms with Crippen LogP contribution in [0.1, 0.15) is 64.7 Å². The van der Waals surface area contributed by atoms with Crippen molar-refractivity contribution in [2.75, 3.05) is 19.8 Å². The van der Waals surface area contributed by atoms with Crippen LogP contribution in [0.3, 0.4) is 0 Å². The molecule has 3 N–H and O–H groups in total. The first-order chi connectivity index (χ1) is 11.7. The van der Waals surface area contributed by atoms with Gasteiger partial charge in [-0.1, -0.05) is 51.2 Å². The lowest BCUT2D eigenvalue weighted by Crippen LogP contribution is -2.55. The SMILES string of the molecule is CC/C=C/CCCCCCCCCO[C@@H]1[C@@H](O)[C@H](O)CO[C@H]1CO. The van der Waals surface area contributed by atoms with Gasteiger partial charge in [-0.05, 0) is 25.7 Å². The van der Waals surface area contributed by atoms with Crippen molar-refractivity contribution in [3.05, 3.63) is 12.2 Å². The maximum Gasteiger partial charge on any atom is 0.114 e. The Morgan fingerprint density at radius 3 is 2.33 bits per heavy atom. The van der Waals surface area contributed by atoms with Gasteiger partial charge in [-0.25, -0.2) is 0 Å². The van der Waals surface area contributed by atoms with Gasteiger partial charge in [-0.15, -0.1) is 0 Å². The zero-order chi connectivity index (χ0) is 17.6. The summed E-state index contributed by atoms with van der Waals surface area (Å²) in [5.74, 6) is 0. The van der Waals surface area contributed by atoms with Gasteiger partial charge in [0.1, 0.15) is 24.4 Å². The summed E-state index contributed by atoms with van der Waals surface area (Å²) in [6.45, 7) is 2.52. The van der Waals surface area contributed by atoms with Gasteiger partial charge in [0.15, 0.2) is 0 Å². The van der Waals surface area contributed by atoms with E-state index in [-0.39, 0.29) is 13.2 Å². The number of rotatable bonds is 13. The lowest BCUT2D eigenvalue weighted by molar-refractivity contribution is -0.211. The van der Waals surface area contributed by atoms with Crippen molar-refractivity contribution in [2.24, 2.45) is 0 Å². The molecule has 1 aliphatic rings. The Kier molecular flexibility index (Phi) is 12.4. The van der Waals surface area contributed by atoms with Gasteiger partial charge in [0.2, 0.25) is 0 Å². The van der Waals surface area contributed by atoms with Crippen LogP contribution in [0, 0.1) is 0 Å². The van der Waals surface area contributed by atoms with E-state index in [0.717, 1.165) is 19.3 Å². The van der Waals surface area contributed by atoms with E-state index in [9.17, 15) is 15.3 Å². The second-order valence-electron chi connectivity index (χ2n) is 6.59. The van der Waals surface area contributed by atoms with Crippen molar-refractivity contribution in [1.29, 1.82) is 0 Å². The van der Waals surface area contributed by atoms with Crippen LogP contribution in [-0.2, 0) is 9.47 Å². The molecule has 0 aromatic carbocycles. The van der Waals surface area contributed by atoms with E-state index in [4.69, 9.17) is 9.47 Å². The van der Waals surface area contributed by atoms with E-state index in [1.807, 2.05) is 0 Å². The van der Waals surface area contributed by atoms with Crippen LogP contribution in [0.15, 0.2) is 12.2 Å². The number of aliphatic hydroxyl groups excluding tert-OH is 3. The number of hydrogen-bond donors (Lipinski definition) is 3. The van der Waals surface area contributed by atoms with Crippen LogP contribution in [0.2, 0.25) is 0 Å². The number of unbranched alkanes of at least 4 members (excludes halogenated alkanes) is 7. The highest BCUT2D eigenvalue weighted by atomic mass is 16.6. The second kappa shape index (κ2) is 13.8. The van der Waals surface area contributed by atoms with Crippen LogP contribution in [0.25, 0.3) is 0 Å². The highest BCUT2D eigenvalue weighted by Gasteiger charge is 2.39. The zero-order valence-electron chi connectivity index (χ0n) is 15.1. The lowest BCUT2D eigenvalue weighted by Gasteiger charge is -2.37. The van der Waals surface area contributed by atoms with Crippen LogP contribution < -0.4 is 0 Å². The third-order valence-electron chi connectivity index (χ3n) is 4.49. The van der Waals surface area contributed by atoms with E-state index < -0.39 is 24.4 Å². The van der Waals surface area contributed by atoms with Gasteiger partial charge < -0.3 is 24.8 Å². The highest BCUT2D eigenvalue weighted by Crippen LogP contribution is 2.19. The predicted molar refractivity (Wildman–Crippen MR) is 94.9 cm³/mol. The molecule has 0 spiro atoms. The standard InChI is InChI=1S/C19H36O5/c1-2-3-4-5-6-7-8-9-10-11-12-13-23-19-17(14-20)24-15-16(21)18(19)22/h3-4,16-22H,2,5-15H2,1H3/b4-3+/t16-,17+,18+,19+/m1/s1. The van der Waals surface area contributed by atoms with Crippen LogP contribution in [0.5, 0.6) is 0 Å². The first-order valence-electron chi connectivity index (χ1n) is 9.55. The summed E-state index contributed by atoms with van der Waals surface area (Å²) < 4.78 is 10.9. The summed E-state index contributed by atoms with van der Waals surface area (Å²) in [6.07, 6.45) is 12.1. The predicted octanol–water partition coefficient (Wildman–Crippen LogP) is 2.57. The monoisotopic (exact) mass is 344 g/mol. The van der Waals surface area contributed by atoms with Gasteiger partial charge in [0.25, 0.3) is 0 Å². The number of allylic oxidation sites excluding steroid dienone is 2. The maximum atomic E-state index is 9.95. The topological polar surface area (TPSA) is 79.2 Å². The molecule has 142 valence electrons. The van der Waals surface area contributed by atoms with E-state index in [1.54, 1.807) is 0 Å². The molecule has 1 rings (SSSR count). The maximum absolute atomic E-state index is 9.95. The molecule has 0 amide bonds. The lowest BCUT2D eigenvalue weighted by atomic mass is 10.0. The minimum absolute atomic E-state index is 0.0422. The van der Waals surface area contributed by atoms with Crippen molar-refractivity contribution in [1.82, 2.24) is 0 Å². The van der Waals surface area contributed by atoms with Crippen LogP contribution >= 0.6 is 0 Å². The molecule has 0 saturated carbocycles. The summed E-state index contributed by atoms with van der Waals surface area (Å²) in [7, 11) is 0. The largest absolute Gasteiger partial charge is 0.394 e. The summed E-state index contributed by atoms with van der Waals surface area (Å²) in [6, 6.07) is 0. The second-order valence-corrected chi connectivity index (χ2v) is 6.59. The summed E-state index contributed by atoms with van der Waals surface area (Å²) >= 11 is 0. The van der Waals surface area contributed by atoms with Crippen molar-refractivity contribution in [3.8, 4) is 0 Å². The Labute approximate surface area is 146 Å². The minimum Gasteiger partial charge on any atom is -0.394 e. The van der Waals surface area contributed by atoms with Gasteiger partial charge in [-0.3, -0.25) is 0 Å². The molecule has 5 heteroatoms. The fourth-order valence-electron chi connectivity index (χ4n) is 2.97. The van der Waals surface area contributed by atoms with E-state index in [2.05, 4.69) is 19.1 Å². The van der Waals surface area contributed by atoms with Gasteiger partial charge in [-0.2, -0.15) is 0 Å². The molecule has 1 saturated heterocycles. The molecule has 0 bridgehead atoms. The fourth-order valence-corrected chi connectivity index (χ4v) is 2.97. The third kappa shape index (κ3) is 8.58. The average molecular weight is 344 g/mol. The van der Waals surface area contributed by atoms with Crippen LogP contribution in [-0.4, -0.2) is 59.6 Å². The molecule has 0 radical (unpaired) electrons. The van der Waals surface area contributed by atoms with Gasteiger partial charge in [0, 0.05) is 6.61 Å². The van der Waals surface area contributed by atoms with E-state index in [1.165, 1.54) is 38.5 Å². The Morgan fingerprint density at radius 1 is 1.00 bits per heavy atom. The molecule has 1 heterocycles. The quantitative estimate of drug-likeness (QED) is 0.353. The Hall–Kier alpha value is -0.460. The molecule has 0 aromatic heterocycles. The Morgan fingerprint density at radius 2 is 1.67 bits per heavy atom. The molecule has 24 heavy (non-hydrogen) atoms. The molecular weight excluding hydrogens is 308 g/mol. The van der Waals surface area contributed by atoms with E-state index >= 15 is 0 Å². The molecule has 0 aromatic rings.